The summed E-state index contributed by atoms with van der Waals surface area (Å²) in [5.41, 5.74) is 0.0898. The summed E-state index contributed by atoms with van der Waals surface area (Å²) in [4.78, 5) is 21.0. The summed E-state index contributed by atoms with van der Waals surface area (Å²) < 4.78 is 6.01. The molecule has 0 saturated carbocycles. The zero-order chi connectivity index (χ0) is 13.9. The molecule has 0 spiro atoms. The van der Waals surface area contributed by atoms with E-state index in [0.29, 0.717) is 0 Å². The molecule has 1 heterocycles. The van der Waals surface area contributed by atoms with Gasteiger partial charge in [0.15, 0.2) is 6.10 Å². The van der Waals surface area contributed by atoms with Crippen LogP contribution in [0.4, 0.5) is 11.5 Å². The number of ether oxygens (including phenoxy) is 1. The van der Waals surface area contributed by atoms with Gasteiger partial charge in [-0.3, -0.25) is 10.1 Å². The van der Waals surface area contributed by atoms with Crippen molar-refractivity contribution in [1.29, 1.82) is 0 Å². The lowest BCUT2D eigenvalue weighted by atomic mass is 10.3. The molecule has 0 aliphatic rings. The lowest BCUT2D eigenvalue weighted by Crippen LogP contribution is -2.31. The highest BCUT2D eigenvalue weighted by Gasteiger charge is 2.25. The van der Waals surface area contributed by atoms with Gasteiger partial charge in [-0.25, -0.2) is 9.48 Å². The van der Waals surface area contributed by atoms with Crippen molar-refractivity contribution in [1.82, 2.24) is 9.78 Å². The number of nitrogens with zero attached hydrogens (tertiary/aromatic N) is 3. The van der Waals surface area contributed by atoms with E-state index in [-0.39, 0.29) is 23.7 Å². The molecule has 0 aromatic carbocycles. The molecule has 0 aliphatic carbocycles. The summed E-state index contributed by atoms with van der Waals surface area (Å²) in [6.07, 6.45) is -1.08. The van der Waals surface area contributed by atoms with E-state index in [2.05, 4.69) is 10.4 Å². The van der Waals surface area contributed by atoms with Crippen molar-refractivity contribution in [3.05, 3.63) is 15.8 Å². The number of methoxy groups -OCH3 is 1. The summed E-state index contributed by atoms with van der Waals surface area (Å²) in [5, 5.41) is 26.2. The number of hydrogen-bond acceptors (Lipinski definition) is 6. The molecule has 0 fully saturated rings. The van der Waals surface area contributed by atoms with Crippen LogP contribution < -0.4 is 5.32 Å². The van der Waals surface area contributed by atoms with Crippen molar-refractivity contribution in [2.24, 2.45) is 7.05 Å². The van der Waals surface area contributed by atoms with Crippen molar-refractivity contribution in [2.45, 2.75) is 13.0 Å². The number of carboxylic acid groups (broad SMARTS) is 1. The van der Waals surface area contributed by atoms with Crippen LogP contribution in [0.1, 0.15) is 5.69 Å². The maximum Gasteiger partial charge on any atom is 0.334 e. The number of carbonyl (C=O) groups is 1. The molecule has 2 N–H and O–H groups in total. The standard InChI is InChI=1S/C9H14N4O5/c1-5-7(13(16)17)8(12(2)11-5)10-4-6(18-3)9(14)15/h6,10H,4H2,1-3H3,(H,14,15). The SMILES string of the molecule is COC(CNc1c([N+](=O)[O-])c(C)nn1C)C(=O)O. The maximum atomic E-state index is 10.9. The van der Waals surface area contributed by atoms with E-state index >= 15 is 0 Å². The Kier molecular flexibility index (Phi) is 4.21. The van der Waals surface area contributed by atoms with Crippen LogP contribution in [-0.2, 0) is 16.6 Å². The van der Waals surface area contributed by atoms with Gasteiger partial charge in [-0.05, 0) is 6.92 Å². The number of aliphatic carboxylic acids is 1. The predicted molar refractivity (Wildman–Crippen MR) is 61.5 cm³/mol. The second kappa shape index (κ2) is 5.45. The fourth-order valence-corrected chi connectivity index (χ4v) is 1.52. The van der Waals surface area contributed by atoms with Gasteiger partial charge in [-0.1, -0.05) is 0 Å². The summed E-state index contributed by atoms with van der Waals surface area (Å²) in [5.74, 6) is -0.993. The average Bonchev–Trinajstić information content (AvgIpc) is 2.54. The minimum absolute atomic E-state index is 0.0916. The van der Waals surface area contributed by atoms with Crippen LogP contribution in [0.5, 0.6) is 0 Å². The fraction of sp³-hybridized carbons (Fsp3) is 0.556. The van der Waals surface area contributed by atoms with Crippen LogP contribution in [0.2, 0.25) is 0 Å². The third kappa shape index (κ3) is 2.74. The van der Waals surface area contributed by atoms with E-state index in [0.717, 1.165) is 0 Å². The minimum atomic E-state index is -1.15. The molecule has 9 nitrogen and oxygen atoms in total. The summed E-state index contributed by atoms with van der Waals surface area (Å²) in [7, 11) is 2.79. The van der Waals surface area contributed by atoms with Crippen molar-refractivity contribution >= 4 is 17.5 Å². The number of aryl methyl sites for hydroxylation is 2. The highest BCUT2D eigenvalue weighted by atomic mass is 16.6. The van der Waals surface area contributed by atoms with Crippen LogP contribution >= 0.6 is 0 Å². The quantitative estimate of drug-likeness (QED) is 0.550. The van der Waals surface area contributed by atoms with E-state index in [1.54, 1.807) is 0 Å². The number of carboxylic acids is 1. The Morgan fingerprint density at radius 1 is 1.72 bits per heavy atom. The molecule has 18 heavy (non-hydrogen) atoms. The van der Waals surface area contributed by atoms with Crippen LogP contribution in [0.15, 0.2) is 0 Å². The second-order valence-electron chi connectivity index (χ2n) is 3.61. The van der Waals surface area contributed by atoms with Crippen molar-refractivity contribution < 1.29 is 19.6 Å². The van der Waals surface area contributed by atoms with E-state index in [4.69, 9.17) is 9.84 Å². The van der Waals surface area contributed by atoms with Gasteiger partial charge < -0.3 is 15.2 Å². The Morgan fingerprint density at radius 2 is 2.33 bits per heavy atom. The molecule has 100 valence electrons. The lowest BCUT2D eigenvalue weighted by Gasteiger charge is -2.11. The van der Waals surface area contributed by atoms with Gasteiger partial charge in [0, 0.05) is 14.2 Å². The zero-order valence-electron chi connectivity index (χ0n) is 10.2. The molecule has 0 radical (unpaired) electrons. The predicted octanol–water partition coefficient (Wildman–Crippen LogP) is 0.148. The first-order valence-corrected chi connectivity index (χ1v) is 5.06. The molecule has 0 amide bonds. The number of nitrogens with one attached hydrogen (secondary N) is 1. The molecule has 1 aromatic heterocycles. The smallest absolute Gasteiger partial charge is 0.334 e. The van der Waals surface area contributed by atoms with E-state index < -0.39 is 17.0 Å². The van der Waals surface area contributed by atoms with Gasteiger partial charge in [0.2, 0.25) is 5.82 Å². The third-order valence-electron chi connectivity index (χ3n) is 2.39. The fourth-order valence-electron chi connectivity index (χ4n) is 1.52. The Bertz CT molecular complexity index is 470. The number of anilines is 1. The molecular formula is C9H14N4O5. The molecule has 0 saturated heterocycles. The highest BCUT2D eigenvalue weighted by molar-refractivity contribution is 5.73. The van der Waals surface area contributed by atoms with E-state index in [9.17, 15) is 14.9 Å². The topological polar surface area (TPSA) is 120 Å². The van der Waals surface area contributed by atoms with Crippen LogP contribution in [0.25, 0.3) is 0 Å². The monoisotopic (exact) mass is 258 g/mol. The minimum Gasteiger partial charge on any atom is -0.479 e. The maximum absolute atomic E-state index is 10.9. The normalized spacial score (nSPS) is 12.2. The first kappa shape index (κ1) is 13.9. The number of aromatic nitrogens is 2. The van der Waals surface area contributed by atoms with Gasteiger partial charge in [-0.2, -0.15) is 5.10 Å². The number of nitro groups is 1. The molecule has 1 unspecified atom stereocenters. The average molecular weight is 258 g/mol. The largest absolute Gasteiger partial charge is 0.479 e. The Balaban J connectivity index is 2.91. The highest BCUT2D eigenvalue weighted by Crippen LogP contribution is 2.27. The van der Waals surface area contributed by atoms with E-state index in [1.165, 1.54) is 25.8 Å². The molecule has 1 atom stereocenters. The Hall–Kier alpha value is -2.16. The molecule has 0 bridgehead atoms. The molecular weight excluding hydrogens is 244 g/mol. The Morgan fingerprint density at radius 3 is 2.78 bits per heavy atom. The third-order valence-corrected chi connectivity index (χ3v) is 2.39. The first-order chi connectivity index (χ1) is 8.38. The molecule has 1 aromatic rings. The van der Waals surface area contributed by atoms with Gasteiger partial charge >= 0.3 is 11.7 Å². The van der Waals surface area contributed by atoms with Crippen LogP contribution in [0, 0.1) is 17.0 Å². The first-order valence-electron chi connectivity index (χ1n) is 5.06. The van der Waals surface area contributed by atoms with Gasteiger partial charge in [-0.15, -0.1) is 0 Å². The summed E-state index contributed by atoms with van der Waals surface area (Å²) in [6, 6.07) is 0. The molecule has 1 rings (SSSR count). The van der Waals surface area contributed by atoms with Crippen LogP contribution in [-0.4, -0.2) is 45.5 Å². The van der Waals surface area contributed by atoms with Crippen LogP contribution in [0.3, 0.4) is 0 Å². The molecule has 9 heteroatoms. The number of hydrogen-bond donors (Lipinski definition) is 2. The number of rotatable bonds is 6. The van der Waals surface area contributed by atoms with Crippen molar-refractivity contribution in [3.8, 4) is 0 Å². The summed E-state index contributed by atoms with van der Waals surface area (Å²) >= 11 is 0. The van der Waals surface area contributed by atoms with Gasteiger partial charge in [0.1, 0.15) is 5.69 Å². The van der Waals surface area contributed by atoms with Gasteiger partial charge in [0.05, 0.1) is 11.5 Å². The second-order valence-corrected chi connectivity index (χ2v) is 3.61. The summed E-state index contributed by atoms with van der Waals surface area (Å²) in [6.45, 7) is 1.42. The van der Waals surface area contributed by atoms with Crippen molar-refractivity contribution in [3.63, 3.8) is 0 Å². The van der Waals surface area contributed by atoms with Crippen molar-refractivity contribution in [2.75, 3.05) is 19.0 Å². The Labute approximate surface area is 103 Å². The van der Waals surface area contributed by atoms with E-state index in [1.807, 2.05) is 0 Å². The zero-order valence-corrected chi connectivity index (χ0v) is 10.2. The van der Waals surface area contributed by atoms with Gasteiger partial charge in [0.25, 0.3) is 0 Å². The lowest BCUT2D eigenvalue weighted by molar-refractivity contribution is -0.384. The molecule has 0 aliphatic heterocycles.